The van der Waals surface area contributed by atoms with Crippen LogP contribution in [0.25, 0.3) is 0 Å². The molecule has 2 aromatic heterocycles. The number of carbonyl (C=O) groups excluding carboxylic acids is 1. The Bertz CT molecular complexity index is 878. The van der Waals surface area contributed by atoms with Crippen molar-refractivity contribution in [2.75, 3.05) is 36.4 Å². The number of carbonyl (C=O) groups is 1. The predicted molar refractivity (Wildman–Crippen MR) is 105 cm³/mol. The quantitative estimate of drug-likeness (QED) is 0.805. The van der Waals surface area contributed by atoms with Gasteiger partial charge in [-0.1, -0.05) is 6.07 Å². The molecule has 0 bridgehead atoms. The molecule has 2 aromatic rings. The molecule has 162 valence electrons. The van der Waals surface area contributed by atoms with Crippen molar-refractivity contribution < 1.29 is 22.7 Å². The second-order valence-electron chi connectivity index (χ2n) is 7.73. The summed E-state index contributed by atoms with van der Waals surface area (Å²) in [6, 6.07) is 5.86. The average molecular weight is 424 g/mol. The lowest BCUT2D eigenvalue weighted by molar-refractivity contribution is -0.141. The third-order valence-electron chi connectivity index (χ3n) is 4.14. The first-order valence-corrected chi connectivity index (χ1v) is 9.38. The number of nitrogens with zero attached hydrogens (tertiary/aromatic N) is 5. The number of halogens is 3. The Hall–Kier alpha value is -3.11. The maximum Gasteiger partial charge on any atom is 0.433 e. The third kappa shape index (κ3) is 5.71. The van der Waals surface area contributed by atoms with Gasteiger partial charge in [0.15, 0.2) is 5.69 Å². The van der Waals surface area contributed by atoms with Gasteiger partial charge in [-0.15, -0.1) is 0 Å². The van der Waals surface area contributed by atoms with E-state index >= 15 is 0 Å². The highest BCUT2D eigenvalue weighted by molar-refractivity contribution is 5.68. The number of nitrogens with one attached hydrogen (secondary N) is 1. The minimum Gasteiger partial charge on any atom is -0.444 e. The van der Waals surface area contributed by atoms with Crippen molar-refractivity contribution >= 4 is 23.7 Å². The lowest BCUT2D eigenvalue weighted by Gasteiger charge is -2.35. The van der Waals surface area contributed by atoms with Crippen LogP contribution in [0, 0.1) is 0 Å². The Kier molecular flexibility index (Phi) is 5.99. The summed E-state index contributed by atoms with van der Waals surface area (Å²) in [4.78, 5) is 27.3. The summed E-state index contributed by atoms with van der Waals surface area (Å²) < 4.78 is 45.4. The number of hydrogen-bond donors (Lipinski definition) is 1. The molecule has 1 saturated heterocycles. The minimum absolute atomic E-state index is 0.0133. The Morgan fingerprint density at radius 2 is 1.77 bits per heavy atom. The topological polar surface area (TPSA) is 83.5 Å². The fourth-order valence-corrected chi connectivity index (χ4v) is 2.77. The number of alkyl halides is 3. The van der Waals surface area contributed by atoms with Crippen LogP contribution in [-0.2, 0) is 10.9 Å². The lowest BCUT2D eigenvalue weighted by atomic mass is 10.2. The van der Waals surface area contributed by atoms with Gasteiger partial charge >= 0.3 is 12.3 Å². The molecule has 0 radical (unpaired) electrons. The molecule has 0 atom stereocenters. The largest absolute Gasteiger partial charge is 0.444 e. The van der Waals surface area contributed by atoms with Gasteiger partial charge in [-0.3, -0.25) is 0 Å². The number of amides is 1. The number of ether oxygens (including phenoxy) is 1. The second-order valence-corrected chi connectivity index (χ2v) is 7.73. The smallest absolute Gasteiger partial charge is 0.433 e. The monoisotopic (exact) mass is 424 g/mol. The van der Waals surface area contributed by atoms with Crippen molar-refractivity contribution in [1.29, 1.82) is 0 Å². The molecule has 30 heavy (non-hydrogen) atoms. The number of rotatable bonds is 3. The Labute approximate surface area is 172 Å². The summed E-state index contributed by atoms with van der Waals surface area (Å²) in [5.41, 5.74) is -1.68. The first-order valence-electron chi connectivity index (χ1n) is 9.38. The van der Waals surface area contributed by atoms with Crippen LogP contribution in [0.5, 0.6) is 0 Å². The molecule has 1 N–H and O–H groups in total. The van der Waals surface area contributed by atoms with Crippen molar-refractivity contribution in [3.05, 3.63) is 36.2 Å². The van der Waals surface area contributed by atoms with Gasteiger partial charge in [0.1, 0.15) is 17.2 Å². The summed E-state index contributed by atoms with van der Waals surface area (Å²) in [6.45, 7) is 6.46. The maximum atomic E-state index is 13.4. The van der Waals surface area contributed by atoms with E-state index in [1.54, 1.807) is 43.9 Å². The fourth-order valence-electron chi connectivity index (χ4n) is 2.77. The van der Waals surface area contributed by atoms with E-state index in [1.807, 2.05) is 0 Å². The maximum absolute atomic E-state index is 13.4. The number of aromatic nitrogens is 3. The van der Waals surface area contributed by atoms with Gasteiger partial charge < -0.3 is 19.9 Å². The predicted octanol–water partition coefficient (Wildman–Crippen LogP) is 3.69. The summed E-state index contributed by atoms with van der Waals surface area (Å²) in [5, 5.41) is 2.78. The molecule has 1 aliphatic rings. The first-order chi connectivity index (χ1) is 14.0. The molecule has 1 amide bonds. The SMILES string of the molecule is CC(C)(C)OC(=O)N1CCN(c2nc(Nc3ccccn3)cc(C(F)(F)F)n2)CC1. The highest BCUT2D eigenvalue weighted by Crippen LogP contribution is 2.31. The van der Waals surface area contributed by atoms with Gasteiger partial charge in [-0.05, 0) is 32.9 Å². The van der Waals surface area contributed by atoms with E-state index < -0.39 is 23.6 Å². The van der Waals surface area contributed by atoms with Crippen LogP contribution in [0.3, 0.4) is 0 Å². The highest BCUT2D eigenvalue weighted by atomic mass is 19.4. The zero-order chi connectivity index (χ0) is 21.9. The average Bonchev–Trinajstić information content (AvgIpc) is 2.67. The van der Waals surface area contributed by atoms with E-state index in [-0.39, 0.29) is 37.9 Å². The molecule has 0 unspecified atom stereocenters. The van der Waals surface area contributed by atoms with Crippen LogP contribution < -0.4 is 10.2 Å². The summed E-state index contributed by atoms with van der Waals surface area (Å²) >= 11 is 0. The molecular formula is C19H23F3N6O2. The molecule has 8 nitrogen and oxygen atoms in total. The number of piperazine rings is 1. The Balaban J connectivity index is 1.77. The van der Waals surface area contributed by atoms with Crippen molar-refractivity contribution in [3.63, 3.8) is 0 Å². The van der Waals surface area contributed by atoms with Crippen LogP contribution >= 0.6 is 0 Å². The number of hydrogen-bond acceptors (Lipinski definition) is 7. The Morgan fingerprint density at radius 1 is 1.07 bits per heavy atom. The van der Waals surface area contributed by atoms with Gasteiger partial charge in [-0.25, -0.2) is 14.8 Å². The van der Waals surface area contributed by atoms with E-state index in [0.29, 0.717) is 5.82 Å². The molecule has 0 saturated carbocycles. The molecule has 0 aliphatic carbocycles. The number of pyridine rings is 1. The van der Waals surface area contributed by atoms with Gasteiger partial charge in [0.25, 0.3) is 0 Å². The van der Waals surface area contributed by atoms with Crippen LogP contribution in [0.1, 0.15) is 26.5 Å². The first kappa shape index (κ1) is 21.6. The molecule has 3 rings (SSSR count). The number of anilines is 3. The molecule has 11 heteroatoms. The molecule has 1 aliphatic heterocycles. The van der Waals surface area contributed by atoms with Gasteiger partial charge in [0.2, 0.25) is 5.95 Å². The summed E-state index contributed by atoms with van der Waals surface area (Å²) in [7, 11) is 0. The van der Waals surface area contributed by atoms with Crippen molar-refractivity contribution in [3.8, 4) is 0 Å². The van der Waals surface area contributed by atoms with Crippen molar-refractivity contribution in [2.24, 2.45) is 0 Å². The zero-order valence-corrected chi connectivity index (χ0v) is 16.9. The fraction of sp³-hybridized carbons (Fsp3) is 0.474. The second kappa shape index (κ2) is 8.33. The zero-order valence-electron chi connectivity index (χ0n) is 16.9. The van der Waals surface area contributed by atoms with E-state index in [4.69, 9.17) is 4.74 Å². The molecular weight excluding hydrogens is 401 g/mol. The van der Waals surface area contributed by atoms with Crippen molar-refractivity contribution in [1.82, 2.24) is 19.9 Å². The van der Waals surface area contributed by atoms with E-state index in [0.717, 1.165) is 6.07 Å². The van der Waals surface area contributed by atoms with E-state index in [2.05, 4.69) is 20.3 Å². The van der Waals surface area contributed by atoms with Crippen LogP contribution in [0.15, 0.2) is 30.5 Å². The Morgan fingerprint density at radius 3 is 2.33 bits per heavy atom. The standard InChI is InChI=1S/C19H23F3N6O2/c1-18(2,3)30-17(29)28-10-8-27(9-11-28)16-24-13(19(20,21)22)12-15(26-16)25-14-6-4-5-7-23-14/h4-7,12H,8-11H2,1-3H3,(H,23,24,25,26). The van der Waals surface area contributed by atoms with Crippen LogP contribution in [-0.4, -0.2) is 57.7 Å². The van der Waals surface area contributed by atoms with E-state index in [9.17, 15) is 18.0 Å². The molecule has 3 heterocycles. The molecule has 1 fully saturated rings. The summed E-state index contributed by atoms with van der Waals surface area (Å²) in [5.74, 6) is 0.290. The normalized spacial score (nSPS) is 15.1. The van der Waals surface area contributed by atoms with Crippen molar-refractivity contribution in [2.45, 2.75) is 32.5 Å². The van der Waals surface area contributed by atoms with E-state index in [1.165, 1.54) is 11.1 Å². The van der Waals surface area contributed by atoms with Crippen LogP contribution in [0.4, 0.5) is 35.5 Å². The highest BCUT2D eigenvalue weighted by Gasteiger charge is 2.35. The third-order valence-corrected chi connectivity index (χ3v) is 4.14. The lowest BCUT2D eigenvalue weighted by Crippen LogP contribution is -2.50. The van der Waals surface area contributed by atoms with Gasteiger partial charge in [0.05, 0.1) is 0 Å². The van der Waals surface area contributed by atoms with Gasteiger partial charge in [0, 0.05) is 38.4 Å². The summed E-state index contributed by atoms with van der Waals surface area (Å²) in [6.07, 6.45) is -3.56. The minimum atomic E-state index is -4.63. The molecule has 0 aromatic carbocycles. The molecule has 0 spiro atoms. The van der Waals surface area contributed by atoms with Crippen LogP contribution in [0.2, 0.25) is 0 Å². The van der Waals surface area contributed by atoms with Gasteiger partial charge in [-0.2, -0.15) is 18.2 Å².